The van der Waals surface area contributed by atoms with Gasteiger partial charge in [0.2, 0.25) is 10.0 Å². The number of amides is 1. The number of morpholine rings is 1. The number of nitrogens with zero attached hydrogens (tertiary/aromatic N) is 1. The molecule has 1 aliphatic heterocycles. The Labute approximate surface area is 135 Å². The van der Waals surface area contributed by atoms with Crippen LogP contribution in [-0.4, -0.2) is 56.7 Å². The lowest BCUT2D eigenvalue weighted by Gasteiger charge is -2.37. The lowest BCUT2D eigenvalue weighted by atomic mass is 10.0. The summed E-state index contributed by atoms with van der Waals surface area (Å²) in [6.07, 6.45) is 1.67. The summed E-state index contributed by atoms with van der Waals surface area (Å²) in [6, 6.07) is 6.05. The van der Waals surface area contributed by atoms with Gasteiger partial charge in [-0.3, -0.25) is 4.79 Å². The van der Waals surface area contributed by atoms with Gasteiger partial charge in [0.25, 0.3) is 5.91 Å². The average molecular weight is 344 g/mol. The van der Waals surface area contributed by atoms with Crippen LogP contribution >= 0.6 is 0 Å². The maximum atomic E-state index is 12.8. The van der Waals surface area contributed by atoms with Gasteiger partial charge in [0.1, 0.15) is 5.82 Å². The Kier molecular flexibility index (Phi) is 5.38. The van der Waals surface area contributed by atoms with E-state index < -0.39 is 15.6 Å². The van der Waals surface area contributed by atoms with Crippen molar-refractivity contribution in [2.75, 3.05) is 32.5 Å². The zero-order chi connectivity index (χ0) is 17.1. The van der Waals surface area contributed by atoms with E-state index in [1.807, 2.05) is 0 Å². The number of nitrogens with one attached hydrogen (secondary N) is 1. The molecule has 1 saturated heterocycles. The highest BCUT2D eigenvalue weighted by Gasteiger charge is 2.41. The largest absolute Gasteiger partial charge is 0.363 e. The molecule has 0 saturated carbocycles. The Morgan fingerprint density at radius 3 is 2.65 bits per heavy atom. The number of hydrogen-bond acceptors (Lipinski definition) is 4. The standard InChI is InChI=1S/C15H21FN2O4S/c1-15(11-18(9-10-22-15)23(2,20)21)14(19)17-8-7-12-3-5-13(16)6-4-12/h3-6H,7-11H2,1-2H3,(H,17,19)/t15-/m0/s1. The van der Waals surface area contributed by atoms with Gasteiger partial charge in [0, 0.05) is 13.1 Å². The highest BCUT2D eigenvalue weighted by molar-refractivity contribution is 7.88. The van der Waals surface area contributed by atoms with E-state index >= 15 is 0 Å². The minimum atomic E-state index is -3.36. The van der Waals surface area contributed by atoms with E-state index in [-0.39, 0.29) is 31.4 Å². The first-order chi connectivity index (χ1) is 10.7. The first-order valence-electron chi connectivity index (χ1n) is 7.32. The number of halogens is 1. The van der Waals surface area contributed by atoms with E-state index in [9.17, 15) is 17.6 Å². The fourth-order valence-electron chi connectivity index (χ4n) is 2.41. The molecule has 1 aromatic rings. The van der Waals surface area contributed by atoms with Crippen LogP contribution in [0.25, 0.3) is 0 Å². The smallest absolute Gasteiger partial charge is 0.253 e. The topological polar surface area (TPSA) is 75.7 Å². The molecule has 0 aliphatic carbocycles. The van der Waals surface area contributed by atoms with Crippen molar-refractivity contribution in [2.45, 2.75) is 18.9 Å². The first kappa shape index (κ1) is 17.8. The minimum Gasteiger partial charge on any atom is -0.363 e. The molecule has 0 aromatic heterocycles. The zero-order valence-electron chi connectivity index (χ0n) is 13.2. The van der Waals surface area contributed by atoms with Gasteiger partial charge in [-0.05, 0) is 31.0 Å². The van der Waals surface area contributed by atoms with E-state index in [4.69, 9.17) is 4.74 Å². The third-order valence-corrected chi connectivity index (χ3v) is 5.05. The molecule has 1 aromatic carbocycles. The number of ether oxygens (including phenoxy) is 1. The summed E-state index contributed by atoms with van der Waals surface area (Å²) in [5.41, 5.74) is -0.302. The van der Waals surface area contributed by atoms with E-state index in [0.29, 0.717) is 13.0 Å². The summed E-state index contributed by atoms with van der Waals surface area (Å²) in [5.74, 6) is -0.658. The Hall–Kier alpha value is -1.51. The molecule has 8 heteroatoms. The summed E-state index contributed by atoms with van der Waals surface area (Å²) < 4.78 is 42.8. The maximum absolute atomic E-state index is 12.8. The third-order valence-electron chi connectivity index (χ3n) is 3.80. The van der Waals surface area contributed by atoms with Gasteiger partial charge < -0.3 is 10.1 Å². The van der Waals surface area contributed by atoms with Crippen LogP contribution in [0.1, 0.15) is 12.5 Å². The molecule has 1 atom stereocenters. The molecule has 1 amide bonds. The zero-order valence-corrected chi connectivity index (χ0v) is 14.0. The lowest BCUT2D eigenvalue weighted by Crippen LogP contribution is -2.59. The van der Waals surface area contributed by atoms with Gasteiger partial charge in [0.05, 0.1) is 19.4 Å². The monoisotopic (exact) mass is 344 g/mol. The third kappa shape index (κ3) is 4.73. The van der Waals surface area contributed by atoms with Crippen molar-refractivity contribution >= 4 is 15.9 Å². The van der Waals surface area contributed by atoms with Crippen LogP contribution < -0.4 is 5.32 Å². The molecule has 1 fully saturated rings. The van der Waals surface area contributed by atoms with Gasteiger partial charge in [-0.25, -0.2) is 12.8 Å². The second-order valence-electron chi connectivity index (χ2n) is 5.81. The summed E-state index contributed by atoms with van der Waals surface area (Å²) in [4.78, 5) is 12.3. The van der Waals surface area contributed by atoms with Gasteiger partial charge in [-0.2, -0.15) is 4.31 Å². The van der Waals surface area contributed by atoms with E-state index in [0.717, 1.165) is 11.8 Å². The van der Waals surface area contributed by atoms with Gasteiger partial charge in [-0.15, -0.1) is 0 Å². The molecule has 0 spiro atoms. The molecule has 0 bridgehead atoms. The Morgan fingerprint density at radius 1 is 1.39 bits per heavy atom. The van der Waals surface area contributed by atoms with Crippen molar-refractivity contribution in [3.05, 3.63) is 35.6 Å². The summed E-state index contributed by atoms with van der Waals surface area (Å²) >= 11 is 0. The Bertz CT molecular complexity index is 663. The van der Waals surface area contributed by atoms with E-state index in [2.05, 4.69) is 5.32 Å². The van der Waals surface area contributed by atoms with Crippen LogP contribution in [0.4, 0.5) is 4.39 Å². The number of rotatable bonds is 5. The number of sulfonamides is 1. The van der Waals surface area contributed by atoms with Gasteiger partial charge >= 0.3 is 0 Å². The second-order valence-corrected chi connectivity index (χ2v) is 7.79. The molecule has 1 heterocycles. The summed E-state index contributed by atoms with van der Waals surface area (Å²) in [6.45, 7) is 2.36. The molecule has 128 valence electrons. The van der Waals surface area contributed by atoms with Crippen LogP contribution in [0.2, 0.25) is 0 Å². The van der Waals surface area contributed by atoms with Crippen LogP contribution in [0.3, 0.4) is 0 Å². The van der Waals surface area contributed by atoms with Crippen molar-refractivity contribution in [2.24, 2.45) is 0 Å². The van der Waals surface area contributed by atoms with Crippen molar-refractivity contribution in [3.63, 3.8) is 0 Å². The number of carbonyl (C=O) groups is 1. The summed E-state index contributed by atoms with van der Waals surface area (Å²) in [7, 11) is -3.36. The van der Waals surface area contributed by atoms with Crippen molar-refractivity contribution in [1.29, 1.82) is 0 Å². The maximum Gasteiger partial charge on any atom is 0.253 e. The fraction of sp³-hybridized carbons (Fsp3) is 0.533. The molecule has 0 unspecified atom stereocenters. The SMILES string of the molecule is C[C@@]1(C(=O)NCCc2ccc(F)cc2)CN(S(C)(=O)=O)CCO1. The minimum absolute atomic E-state index is 0.00574. The average Bonchev–Trinajstić information content (AvgIpc) is 2.48. The Balaban J connectivity index is 1.90. The molecular weight excluding hydrogens is 323 g/mol. The van der Waals surface area contributed by atoms with E-state index in [1.54, 1.807) is 19.1 Å². The normalized spacial score (nSPS) is 22.7. The Morgan fingerprint density at radius 2 is 2.04 bits per heavy atom. The van der Waals surface area contributed by atoms with Crippen molar-refractivity contribution in [3.8, 4) is 0 Å². The number of carbonyl (C=O) groups excluding carboxylic acids is 1. The number of benzene rings is 1. The highest BCUT2D eigenvalue weighted by atomic mass is 32.2. The lowest BCUT2D eigenvalue weighted by molar-refractivity contribution is -0.152. The first-order valence-corrected chi connectivity index (χ1v) is 9.17. The van der Waals surface area contributed by atoms with Crippen LogP contribution in [0, 0.1) is 5.82 Å². The van der Waals surface area contributed by atoms with Crippen molar-refractivity contribution in [1.82, 2.24) is 9.62 Å². The quantitative estimate of drug-likeness (QED) is 0.846. The predicted molar refractivity (Wildman–Crippen MR) is 83.9 cm³/mol. The molecule has 23 heavy (non-hydrogen) atoms. The predicted octanol–water partition coefficient (Wildman–Crippen LogP) is 0.535. The van der Waals surface area contributed by atoms with Crippen molar-refractivity contribution < 1.29 is 22.3 Å². The van der Waals surface area contributed by atoms with Gasteiger partial charge in [0.15, 0.2) is 5.60 Å². The van der Waals surface area contributed by atoms with Gasteiger partial charge in [-0.1, -0.05) is 12.1 Å². The molecule has 6 nitrogen and oxygen atoms in total. The van der Waals surface area contributed by atoms with Crippen LogP contribution in [0.15, 0.2) is 24.3 Å². The van der Waals surface area contributed by atoms with Crippen LogP contribution in [-0.2, 0) is 26.0 Å². The van der Waals surface area contributed by atoms with E-state index in [1.165, 1.54) is 16.4 Å². The highest BCUT2D eigenvalue weighted by Crippen LogP contribution is 2.19. The molecular formula is C15H21FN2O4S. The molecule has 1 N–H and O–H groups in total. The summed E-state index contributed by atoms with van der Waals surface area (Å²) in [5, 5.41) is 2.75. The van der Waals surface area contributed by atoms with Crippen LogP contribution in [0.5, 0.6) is 0 Å². The molecule has 1 aliphatic rings. The molecule has 2 rings (SSSR count). The molecule has 0 radical (unpaired) electrons. The second kappa shape index (κ2) is 6.94. The fourth-order valence-corrected chi connectivity index (χ4v) is 3.30. The number of hydrogen-bond donors (Lipinski definition) is 1.